The van der Waals surface area contributed by atoms with Gasteiger partial charge in [-0.1, -0.05) is 6.07 Å². The molecule has 0 saturated heterocycles. The van der Waals surface area contributed by atoms with Gasteiger partial charge >= 0.3 is 6.18 Å². The Morgan fingerprint density at radius 3 is 2.48 bits per heavy atom. The number of benzene rings is 2. The number of hydrogen-bond acceptors (Lipinski definition) is 3. The number of halogens is 4. The van der Waals surface area contributed by atoms with E-state index >= 15 is 0 Å². The monoisotopic (exact) mass is 459 g/mol. The van der Waals surface area contributed by atoms with Crippen LogP contribution in [0.15, 0.2) is 64.2 Å². The van der Waals surface area contributed by atoms with Crippen molar-refractivity contribution in [3.8, 4) is 5.69 Å². The molecule has 1 N–H and O–H groups in total. The number of aromatic nitrogens is 2. The van der Waals surface area contributed by atoms with Gasteiger partial charge in [0.15, 0.2) is 0 Å². The molecule has 0 amide bonds. The third kappa shape index (κ3) is 4.16. The zero-order chi connectivity index (χ0) is 19.8. The molecule has 0 unspecified atom stereocenters. The van der Waals surface area contributed by atoms with E-state index in [0.717, 1.165) is 23.8 Å². The number of rotatable bonds is 4. The molecule has 2 aromatic carbocycles. The minimum Gasteiger partial charge on any atom is -0.277 e. The van der Waals surface area contributed by atoms with Crippen molar-refractivity contribution in [1.82, 2.24) is 9.78 Å². The number of aryl methyl sites for hydroxylation is 1. The van der Waals surface area contributed by atoms with Crippen LogP contribution >= 0.6 is 15.9 Å². The lowest BCUT2D eigenvalue weighted by Crippen LogP contribution is -2.17. The van der Waals surface area contributed by atoms with Gasteiger partial charge in [0.25, 0.3) is 10.0 Å². The highest BCUT2D eigenvalue weighted by Crippen LogP contribution is 2.34. The zero-order valence-electron chi connectivity index (χ0n) is 13.8. The second-order valence-corrected chi connectivity index (χ2v) is 8.22. The Morgan fingerprint density at radius 1 is 1.15 bits per heavy atom. The number of nitrogens with one attached hydrogen (secondary N) is 1. The van der Waals surface area contributed by atoms with Crippen LogP contribution in [0.1, 0.15) is 11.1 Å². The average molecular weight is 460 g/mol. The lowest BCUT2D eigenvalue weighted by atomic mass is 10.1. The fourth-order valence-electron chi connectivity index (χ4n) is 2.43. The first-order chi connectivity index (χ1) is 12.6. The quantitative estimate of drug-likeness (QED) is 0.611. The van der Waals surface area contributed by atoms with Crippen molar-refractivity contribution in [3.63, 3.8) is 0 Å². The van der Waals surface area contributed by atoms with E-state index in [9.17, 15) is 21.6 Å². The molecule has 10 heteroatoms. The standard InChI is InChI=1S/C17H13BrF3N3O2S/c1-11-3-6-16(13(18)9-11)27(25,26)23-14-10-12(17(19,20)21)4-5-15(14)24-8-2-7-22-24/h2-10,23H,1H3. The summed E-state index contributed by atoms with van der Waals surface area (Å²) in [4.78, 5) is -0.0862. The first-order valence-electron chi connectivity index (χ1n) is 7.58. The van der Waals surface area contributed by atoms with Crippen molar-refractivity contribution < 1.29 is 21.6 Å². The van der Waals surface area contributed by atoms with Crippen molar-refractivity contribution in [2.75, 3.05) is 4.72 Å². The van der Waals surface area contributed by atoms with Crippen molar-refractivity contribution in [2.24, 2.45) is 0 Å². The SMILES string of the molecule is Cc1ccc(S(=O)(=O)Nc2cc(C(F)(F)F)ccc2-n2cccn2)c(Br)c1. The number of anilines is 1. The second-order valence-electron chi connectivity index (χ2n) is 5.72. The Morgan fingerprint density at radius 2 is 1.89 bits per heavy atom. The van der Waals surface area contributed by atoms with Gasteiger partial charge in [-0.15, -0.1) is 0 Å². The molecule has 27 heavy (non-hydrogen) atoms. The van der Waals surface area contributed by atoms with E-state index in [4.69, 9.17) is 0 Å². The van der Waals surface area contributed by atoms with Crippen LogP contribution in [0.2, 0.25) is 0 Å². The van der Waals surface area contributed by atoms with Crippen molar-refractivity contribution in [1.29, 1.82) is 0 Å². The summed E-state index contributed by atoms with van der Waals surface area (Å²) < 4.78 is 68.7. The molecule has 0 bridgehead atoms. The van der Waals surface area contributed by atoms with Gasteiger partial charge in [0.2, 0.25) is 0 Å². The number of alkyl halides is 3. The topological polar surface area (TPSA) is 64.0 Å². The van der Waals surface area contributed by atoms with Crippen LogP contribution in [0.5, 0.6) is 0 Å². The van der Waals surface area contributed by atoms with E-state index in [1.54, 1.807) is 25.1 Å². The largest absolute Gasteiger partial charge is 0.416 e. The average Bonchev–Trinajstić information content (AvgIpc) is 3.07. The second kappa shape index (κ2) is 7.01. The molecule has 0 radical (unpaired) electrons. The van der Waals surface area contributed by atoms with Crippen LogP contribution in [-0.2, 0) is 16.2 Å². The molecular weight excluding hydrogens is 447 g/mol. The minimum atomic E-state index is -4.62. The van der Waals surface area contributed by atoms with Gasteiger partial charge in [-0.2, -0.15) is 18.3 Å². The predicted molar refractivity (Wildman–Crippen MR) is 98.3 cm³/mol. The summed E-state index contributed by atoms with van der Waals surface area (Å²) in [7, 11) is -4.14. The highest BCUT2D eigenvalue weighted by Gasteiger charge is 2.32. The highest BCUT2D eigenvalue weighted by atomic mass is 79.9. The summed E-state index contributed by atoms with van der Waals surface area (Å²) >= 11 is 3.18. The van der Waals surface area contributed by atoms with Gasteiger partial charge in [0.1, 0.15) is 4.90 Å². The third-order valence-corrected chi connectivity index (χ3v) is 6.04. The summed E-state index contributed by atoms with van der Waals surface area (Å²) in [6, 6.07) is 8.94. The minimum absolute atomic E-state index is 0.0862. The predicted octanol–water partition coefficient (Wildman–Crippen LogP) is 4.76. The van der Waals surface area contributed by atoms with Crippen molar-refractivity contribution in [2.45, 2.75) is 18.0 Å². The van der Waals surface area contributed by atoms with Crippen LogP contribution in [0.3, 0.4) is 0 Å². The number of nitrogens with zero attached hydrogens (tertiary/aromatic N) is 2. The molecule has 0 atom stereocenters. The molecule has 1 aromatic heterocycles. The third-order valence-electron chi connectivity index (χ3n) is 3.70. The molecule has 142 valence electrons. The van der Waals surface area contributed by atoms with Crippen LogP contribution in [0.25, 0.3) is 5.69 Å². The summed E-state index contributed by atoms with van der Waals surface area (Å²) in [6.07, 6.45) is -1.68. The normalized spacial score (nSPS) is 12.2. The summed E-state index contributed by atoms with van der Waals surface area (Å²) in [5.74, 6) is 0. The van der Waals surface area contributed by atoms with E-state index in [-0.39, 0.29) is 16.3 Å². The van der Waals surface area contributed by atoms with Gasteiger partial charge < -0.3 is 0 Å². The van der Waals surface area contributed by atoms with Crippen LogP contribution in [0.4, 0.5) is 18.9 Å². The highest BCUT2D eigenvalue weighted by molar-refractivity contribution is 9.10. The molecule has 0 saturated carbocycles. The van der Waals surface area contributed by atoms with Crippen LogP contribution < -0.4 is 4.72 Å². The van der Waals surface area contributed by atoms with Crippen molar-refractivity contribution in [3.05, 3.63) is 70.5 Å². The Kier molecular flexibility index (Phi) is 5.04. The number of sulfonamides is 1. The summed E-state index contributed by atoms with van der Waals surface area (Å²) in [5, 5.41) is 3.96. The lowest BCUT2D eigenvalue weighted by Gasteiger charge is -2.16. The molecule has 0 fully saturated rings. The maximum absolute atomic E-state index is 13.1. The van der Waals surface area contributed by atoms with Crippen LogP contribution in [-0.4, -0.2) is 18.2 Å². The lowest BCUT2D eigenvalue weighted by molar-refractivity contribution is -0.137. The van der Waals surface area contributed by atoms with Gasteiger partial charge in [0.05, 0.1) is 16.9 Å². The van der Waals surface area contributed by atoms with Gasteiger partial charge in [-0.25, -0.2) is 13.1 Å². The molecule has 0 aliphatic carbocycles. The van der Waals surface area contributed by atoms with E-state index < -0.39 is 21.8 Å². The van der Waals surface area contributed by atoms with E-state index in [1.165, 1.54) is 23.1 Å². The molecule has 3 aromatic rings. The summed E-state index contributed by atoms with van der Waals surface area (Å²) in [5.41, 5.74) is -0.211. The maximum Gasteiger partial charge on any atom is 0.416 e. The van der Waals surface area contributed by atoms with E-state index in [1.807, 2.05) is 0 Å². The Labute approximate surface area is 162 Å². The van der Waals surface area contributed by atoms with E-state index in [2.05, 4.69) is 25.8 Å². The fraction of sp³-hybridized carbons (Fsp3) is 0.118. The molecule has 0 spiro atoms. The molecule has 0 aliphatic heterocycles. The maximum atomic E-state index is 13.1. The number of hydrogen-bond donors (Lipinski definition) is 1. The van der Waals surface area contributed by atoms with Crippen molar-refractivity contribution >= 4 is 31.6 Å². The molecule has 3 rings (SSSR count). The smallest absolute Gasteiger partial charge is 0.277 e. The molecule has 1 heterocycles. The van der Waals surface area contributed by atoms with Gasteiger partial charge in [-0.05, 0) is 64.8 Å². The molecule has 0 aliphatic rings. The fourth-order valence-corrected chi connectivity index (χ4v) is 4.69. The van der Waals surface area contributed by atoms with Gasteiger partial charge in [0, 0.05) is 16.9 Å². The van der Waals surface area contributed by atoms with Crippen LogP contribution in [0, 0.1) is 6.92 Å². The first kappa shape index (κ1) is 19.4. The zero-order valence-corrected chi connectivity index (χ0v) is 16.2. The Hall–Kier alpha value is -2.33. The molecular formula is C17H13BrF3N3O2S. The first-order valence-corrected chi connectivity index (χ1v) is 9.86. The summed E-state index contributed by atoms with van der Waals surface area (Å²) in [6.45, 7) is 1.79. The van der Waals surface area contributed by atoms with E-state index in [0.29, 0.717) is 4.47 Å². The Balaban J connectivity index is 2.11. The van der Waals surface area contributed by atoms with Gasteiger partial charge in [-0.3, -0.25) is 4.72 Å². The Bertz CT molecular complexity index is 1080. The molecule has 5 nitrogen and oxygen atoms in total.